The average molecular weight is 247 g/mol. The van der Waals surface area contributed by atoms with E-state index < -0.39 is 0 Å². The Balaban J connectivity index is 2.12. The van der Waals surface area contributed by atoms with Gasteiger partial charge in [0, 0.05) is 19.7 Å². The van der Waals surface area contributed by atoms with Crippen molar-refractivity contribution >= 4 is 12.6 Å². The van der Waals surface area contributed by atoms with Crippen LogP contribution < -0.4 is 0 Å². The van der Waals surface area contributed by atoms with Crippen LogP contribution in [-0.4, -0.2) is 56.2 Å². The van der Waals surface area contributed by atoms with Crippen molar-refractivity contribution in [3.8, 4) is 0 Å². The molecule has 0 amide bonds. The molecule has 1 fully saturated rings. The van der Waals surface area contributed by atoms with E-state index in [1.165, 1.54) is 0 Å². The van der Waals surface area contributed by atoms with Gasteiger partial charge in [-0.05, 0) is 24.6 Å². The van der Waals surface area contributed by atoms with E-state index in [1.54, 1.807) is 0 Å². The van der Waals surface area contributed by atoms with Crippen molar-refractivity contribution < 1.29 is 9.47 Å². The summed E-state index contributed by atoms with van der Waals surface area (Å²) in [6.45, 7) is 9.92. The molecule has 0 aromatic carbocycles. The lowest BCUT2D eigenvalue weighted by Gasteiger charge is -2.32. The predicted molar refractivity (Wildman–Crippen MR) is 70.3 cm³/mol. The SMILES string of the molecule is CC(C)COC[C@H]1CN(CCCS)CCO1. The van der Waals surface area contributed by atoms with E-state index in [0.29, 0.717) is 5.92 Å². The molecule has 1 heterocycles. The first-order valence-electron chi connectivity index (χ1n) is 6.25. The van der Waals surface area contributed by atoms with Gasteiger partial charge in [-0.1, -0.05) is 13.8 Å². The molecule has 0 spiro atoms. The molecule has 16 heavy (non-hydrogen) atoms. The van der Waals surface area contributed by atoms with Gasteiger partial charge in [-0.3, -0.25) is 4.90 Å². The van der Waals surface area contributed by atoms with Crippen molar-refractivity contribution in [2.75, 3.05) is 45.2 Å². The van der Waals surface area contributed by atoms with Gasteiger partial charge in [-0.2, -0.15) is 12.6 Å². The van der Waals surface area contributed by atoms with E-state index in [4.69, 9.17) is 9.47 Å². The third-order valence-electron chi connectivity index (χ3n) is 2.61. The first kappa shape index (κ1) is 14.3. The van der Waals surface area contributed by atoms with E-state index in [2.05, 4.69) is 31.4 Å². The monoisotopic (exact) mass is 247 g/mol. The van der Waals surface area contributed by atoms with Crippen molar-refractivity contribution in [1.29, 1.82) is 0 Å². The van der Waals surface area contributed by atoms with Crippen LogP contribution in [0.15, 0.2) is 0 Å². The van der Waals surface area contributed by atoms with Gasteiger partial charge in [-0.15, -0.1) is 0 Å². The number of rotatable bonds is 7. The van der Waals surface area contributed by atoms with E-state index in [-0.39, 0.29) is 6.10 Å². The number of nitrogens with zero attached hydrogens (tertiary/aromatic N) is 1. The van der Waals surface area contributed by atoms with Crippen LogP contribution in [0.1, 0.15) is 20.3 Å². The third-order valence-corrected chi connectivity index (χ3v) is 2.93. The normalized spacial score (nSPS) is 22.9. The molecule has 96 valence electrons. The van der Waals surface area contributed by atoms with Gasteiger partial charge in [0.1, 0.15) is 0 Å². The van der Waals surface area contributed by atoms with Crippen LogP contribution in [0, 0.1) is 5.92 Å². The molecule has 1 aliphatic rings. The van der Waals surface area contributed by atoms with Crippen molar-refractivity contribution in [2.45, 2.75) is 26.4 Å². The topological polar surface area (TPSA) is 21.7 Å². The summed E-state index contributed by atoms with van der Waals surface area (Å²) in [5, 5.41) is 0. The molecule has 0 bridgehead atoms. The zero-order chi connectivity index (χ0) is 11.8. The summed E-state index contributed by atoms with van der Waals surface area (Å²) in [6.07, 6.45) is 1.41. The lowest BCUT2D eigenvalue weighted by molar-refractivity contribution is -0.0718. The van der Waals surface area contributed by atoms with Crippen LogP contribution in [0.2, 0.25) is 0 Å². The molecule has 1 saturated heterocycles. The number of morpholine rings is 1. The molecule has 0 aliphatic carbocycles. The standard InChI is InChI=1S/C12H25NO2S/c1-11(2)9-14-10-12-8-13(4-3-7-16)5-6-15-12/h11-12,16H,3-10H2,1-2H3/t12-/m1/s1. The van der Waals surface area contributed by atoms with E-state index in [9.17, 15) is 0 Å². The van der Waals surface area contributed by atoms with Crippen LogP contribution in [0.5, 0.6) is 0 Å². The van der Waals surface area contributed by atoms with Gasteiger partial charge in [-0.25, -0.2) is 0 Å². The Hall–Kier alpha value is 0.230. The minimum atomic E-state index is 0.257. The fourth-order valence-corrected chi connectivity index (χ4v) is 1.96. The second-order valence-corrected chi connectivity index (χ2v) is 5.25. The maximum atomic E-state index is 5.68. The predicted octanol–water partition coefficient (Wildman–Crippen LogP) is 1.68. The van der Waals surface area contributed by atoms with Crippen molar-refractivity contribution in [3.63, 3.8) is 0 Å². The number of hydrogen-bond acceptors (Lipinski definition) is 4. The van der Waals surface area contributed by atoms with E-state index in [1.807, 2.05) is 0 Å². The van der Waals surface area contributed by atoms with Gasteiger partial charge >= 0.3 is 0 Å². The second kappa shape index (κ2) is 8.34. The van der Waals surface area contributed by atoms with Gasteiger partial charge in [0.15, 0.2) is 0 Å². The van der Waals surface area contributed by atoms with Gasteiger partial charge in [0.05, 0.1) is 19.3 Å². The highest BCUT2D eigenvalue weighted by Crippen LogP contribution is 2.07. The average Bonchev–Trinajstić information content (AvgIpc) is 2.26. The van der Waals surface area contributed by atoms with Crippen LogP contribution in [-0.2, 0) is 9.47 Å². The fourth-order valence-electron chi connectivity index (χ4n) is 1.81. The Morgan fingerprint density at radius 2 is 2.31 bits per heavy atom. The van der Waals surface area contributed by atoms with E-state index >= 15 is 0 Å². The Labute approximate surface area is 105 Å². The highest BCUT2D eigenvalue weighted by molar-refractivity contribution is 7.80. The van der Waals surface area contributed by atoms with Crippen molar-refractivity contribution in [2.24, 2.45) is 5.92 Å². The second-order valence-electron chi connectivity index (χ2n) is 4.80. The lowest BCUT2D eigenvalue weighted by Crippen LogP contribution is -2.44. The van der Waals surface area contributed by atoms with Crippen LogP contribution >= 0.6 is 12.6 Å². The summed E-state index contributed by atoms with van der Waals surface area (Å²) < 4.78 is 11.3. The Morgan fingerprint density at radius 1 is 1.50 bits per heavy atom. The molecule has 1 rings (SSSR count). The molecule has 1 atom stereocenters. The lowest BCUT2D eigenvalue weighted by atomic mass is 10.2. The van der Waals surface area contributed by atoms with E-state index in [0.717, 1.165) is 51.6 Å². The maximum Gasteiger partial charge on any atom is 0.0935 e. The largest absolute Gasteiger partial charge is 0.378 e. The number of ether oxygens (including phenoxy) is 2. The number of thiol groups is 1. The zero-order valence-electron chi connectivity index (χ0n) is 10.5. The Morgan fingerprint density at radius 3 is 3.00 bits per heavy atom. The molecule has 0 unspecified atom stereocenters. The molecule has 1 aliphatic heterocycles. The third kappa shape index (κ3) is 6.09. The van der Waals surface area contributed by atoms with Gasteiger partial charge < -0.3 is 9.47 Å². The highest BCUT2D eigenvalue weighted by Gasteiger charge is 2.19. The van der Waals surface area contributed by atoms with Gasteiger partial charge in [0.2, 0.25) is 0 Å². The quantitative estimate of drug-likeness (QED) is 0.692. The summed E-state index contributed by atoms with van der Waals surface area (Å²) in [5.41, 5.74) is 0. The molecular weight excluding hydrogens is 222 g/mol. The van der Waals surface area contributed by atoms with Crippen molar-refractivity contribution in [1.82, 2.24) is 4.90 Å². The van der Waals surface area contributed by atoms with Crippen LogP contribution in [0.4, 0.5) is 0 Å². The van der Waals surface area contributed by atoms with Crippen molar-refractivity contribution in [3.05, 3.63) is 0 Å². The molecule has 3 nitrogen and oxygen atoms in total. The first-order chi connectivity index (χ1) is 7.72. The zero-order valence-corrected chi connectivity index (χ0v) is 11.4. The Bertz CT molecular complexity index is 178. The summed E-state index contributed by atoms with van der Waals surface area (Å²) in [5.74, 6) is 1.56. The molecule has 0 radical (unpaired) electrons. The van der Waals surface area contributed by atoms with Crippen LogP contribution in [0.25, 0.3) is 0 Å². The minimum Gasteiger partial charge on any atom is -0.378 e. The first-order valence-corrected chi connectivity index (χ1v) is 6.88. The number of hydrogen-bond donors (Lipinski definition) is 1. The maximum absolute atomic E-state index is 5.68. The highest BCUT2D eigenvalue weighted by atomic mass is 32.1. The fraction of sp³-hybridized carbons (Fsp3) is 1.00. The summed E-state index contributed by atoms with van der Waals surface area (Å²) in [4.78, 5) is 2.45. The summed E-state index contributed by atoms with van der Waals surface area (Å²) in [6, 6.07) is 0. The molecular formula is C12H25NO2S. The van der Waals surface area contributed by atoms with Gasteiger partial charge in [0.25, 0.3) is 0 Å². The summed E-state index contributed by atoms with van der Waals surface area (Å²) in [7, 11) is 0. The van der Waals surface area contributed by atoms with Crippen LogP contribution in [0.3, 0.4) is 0 Å². The Kier molecular flexibility index (Phi) is 7.45. The molecule has 0 aromatic heterocycles. The molecule has 0 N–H and O–H groups in total. The molecule has 0 saturated carbocycles. The summed E-state index contributed by atoms with van der Waals surface area (Å²) >= 11 is 4.24. The molecule has 4 heteroatoms. The smallest absolute Gasteiger partial charge is 0.0935 e. The minimum absolute atomic E-state index is 0.257. The molecule has 0 aromatic rings.